The van der Waals surface area contributed by atoms with Gasteiger partial charge in [0.15, 0.2) is 0 Å². The third-order valence-corrected chi connectivity index (χ3v) is 6.28. The Labute approximate surface area is 111 Å². The zero-order valence-corrected chi connectivity index (χ0v) is 12.8. The van der Waals surface area contributed by atoms with Gasteiger partial charge in [-0.25, -0.2) is 0 Å². The van der Waals surface area contributed by atoms with E-state index < -0.39 is 0 Å². The van der Waals surface area contributed by atoms with Gasteiger partial charge in [0.1, 0.15) is 0 Å². The van der Waals surface area contributed by atoms with E-state index in [0.29, 0.717) is 0 Å². The van der Waals surface area contributed by atoms with Crippen LogP contribution in [0.1, 0.15) is 46.5 Å². The smallest absolute Gasteiger partial charge is 0.236 e. The molecule has 0 aromatic rings. The summed E-state index contributed by atoms with van der Waals surface area (Å²) in [6.45, 7) is 6.34. The molecule has 0 saturated carbocycles. The quantitative estimate of drug-likeness (QED) is 0.789. The Morgan fingerprint density at radius 2 is 2.12 bits per heavy atom. The van der Waals surface area contributed by atoms with Gasteiger partial charge >= 0.3 is 0 Å². The number of hydrogen-bond acceptors (Lipinski definition) is 2. The van der Waals surface area contributed by atoms with E-state index in [0.717, 1.165) is 36.8 Å². The van der Waals surface area contributed by atoms with Crippen molar-refractivity contribution in [3.63, 3.8) is 0 Å². The monoisotopic (exact) mass is 307 g/mol. The van der Waals surface area contributed by atoms with E-state index in [1.54, 1.807) is 11.8 Å². The average molecular weight is 308 g/mol. The number of thioether (sulfide) groups is 1. The summed E-state index contributed by atoms with van der Waals surface area (Å²) in [6, 6.07) is 0. The van der Waals surface area contributed by atoms with E-state index in [1.807, 2.05) is 0 Å². The number of amides is 1. The summed E-state index contributed by atoms with van der Waals surface area (Å²) in [5.41, 5.74) is -0.0662. The second kappa shape index (κ2) is 5.76. The highest BCUT2D eigenvalue weighted by Gasteiger charge is 2.40. The summed E-state index contributed by atoms with van der Waals surface area (Å²) in [5.74, 6) is 1.34. The van der Waals surface area contributed by atoms with Crippen molar-refractivity contribution in [1.29, 1.82) is 0 Å². The van der Waals surface area contributed by atoms with Crippen molar-refractivity contribution in [3.8, 4) is 0 Å². The summed E-state index contributed by atoms with van der Waals surface area (Å²) >= 11 is 5.32. The number of hydrogen-bond donors (Lipinski definition) is 1. The van der Waals surface area contributed by atoms with Crippen molar-refractivity contribution >= 4 is 33.6 Å². The lowest BCUT2D eigenvalue weighted by Crippen LogP contribution is -2.54. The van der Waals surface area contributed by atoms with Crippen LogP contribution in [-0.4, -0.2) is 27.3 Å². The normalized spacial score (nSPS) is 25.8. The number of alkyl halides is 1. The Kier molecular flexibility index (Phi) is 5.17. The minimum atomic E-state index is -0.197. The summed E-state index contributed by atoms with van der Waals surface area (Å²) < 4.78 is -0.197. The van der Waals surface area contributed by atoms with E-state index >= 15 is 0 Å². The molecule has 4 heteroatoms. The van der Waals surface area contributed by atoms with Crippen molar-refractivity contribution in [1.82, 2.24) is 5.32 Å². The molecule has 1 heterocycles. The molecule has 16 heavy (non-hydrogen) atoms. The molecule has 94 valence electrons. The fourth-order valence-electron chi connectivity index (χ4n) is 1.98. The van der Waals surface area contributed by atoms with Gasteiger partial charge in [-0.1, -0.05) is 29.8 Å². The maximum atomic E-state index is 12.3. The van der Waals surface area contributed by atoms with Crippen LogP contribution >= 0.6 is 27.7 Å². The van der Waals surface area contributed by atoms with Crippen LogP contribution in [0, 0.1) is 0 Å². The largest absolute Gasteiger partial charge is 0.349 e. The maximum Gasteiger partial charge on any atom is 0.236 e. The Morgan fingerprint density at radius 3 is 2.50 bits per heavy atom. The molecule has 0 aromatic carbocycles. The number of nitrogens with one attached hydrogen (secondary N) is 1. The van der Waals surface area contributed by atoms with Gasteiger partial charge in [0.25, 0.3) is 0 Å². The van der Waals surface area contributed by atoms with Crippen LogP contribution < -0.4 is 5.32 Å². The number of halogens is 1. The second-order valence-corrected chi connectivity index (χ2v) is 6.92. The fourth-order valence-corrected chi connectivity index (χ4v) is 4.12. The topological polar surface area (TPSA) is 29.1 Å². The highest BCUT2D eigenvalue weighted by atomic mass is 79.9. The van der Waals surface area contributed by atoms with Crippen molar-refractivity contribution in [3.05, 3.63) is 0 Å². The first-order chi connectivity index (χ1) is 7.52. The minimum absolute atomic E-state index is 0.0662. The van der Waals surface area contributed by atoms with E-state index in [9.17, 15) is 4.79 Å². The Morgan fingerprint density at radius 1 is 1.50 bits per heavy atom. The van der Waals surface area contributed by atoms with Gasteiger partial charge < -0.3 is 5.32 Å². The molecular formula is C12H22BrNOS. The molecule has 1 saturated heterocycles. The Balaban J connectivity index is 2.68. The van der Waals surface area contributed by atoms with Gasteiger partial charge in [-0.05, 0) is 38.4 Å². The van der Waals surface area contributed by atoms with Crippen LogP contribution in [0.4, 0.5) is 0 Å². The van der Waals surface area contributed by atoms with Crippen LogP contribution in [0.2, 0.25) is 0 Å². The third kappa shape index (κ3) is 2.95. The van der Waals surface area contributed by atoms with E-state index in [4.69, 9.17) is 0 Å². The van der Waals surface area contributed by atoms with Crippen molar-refractivity contribution in [2.45, 2.75) is 56.7 Å². The summed E-state index contributed by atoms with van der Waals surface area (Å²) in [5, 5.41) is 4.09. The summed E-state index contributed by atoms with van der Waals surface area (Å²) in [6.07, 6.45) is 4.12. The summed E-state index contributed by atoms with van der Waals surface area (Å²) in [4.78, 5) is 12.3. The van der Waals surface area contributed by atoms with Crippen molar-refractivity contribution in [2.24, 2.45) is 0 Å². The minimum Gasteiger partial charge on any atom is -0.349 e. The SMILES string of the molecule is CCC(CC)(CBr)NC(=O)C1(C)CCCS1. The van der Waals surface area contributed by atoms with Crippen LogP contribution in [0.25, 0.3) is 0 Å². The molecule has 0 bridgehead atoms. The van der Waals surface area contributed by atoms with Gasteiger partial charge in [-0.15, -0.1) is 11.8 Å². The van der Waals surface area contributed by atoms with Crippen LogP contribution in [-0.2, 0) is 4.79 Å². The highest BCUT2D eigenvalue weighted by Crippen LogP contribution is 2.38. The average Bonchev–Trinajstić information content (AvgIpc) is 2.74. The molecule has 0 aromatic heterocycles. The van der Waals surface area contributed by atoms with Gasteiger partial charge in [-0.3, -0.25) is 4.79 Å². The zero-order valence-electron chi connectivity index (χ0n) is 10.4. The molecule has 0 radical (unpaired) electrons. The first-order valence-electron chi connectivity index (χ1n) is 6.04. The van der Waals surface area contributed by atoms with Crippen LogP contribution in [0.15, 0.2) is 0 Å². The number of carbonyl (C=O) groups excluding carboxylic acids is 1. The second-order valence-electron chi connectivity index (χ2n) is 4.76. The number of rotatable bonds is 5. The molecule has 1 fully saturated rings. The van der Waals surface area contributed by atoms with Gasteiger partial charge in [-0.2, -0.15) is 0 Å². The van der Waals surface area contributed by atoms with E-state index in [1.165, 1.54) is 0 Å². The molecule has 1 unspecified atom stereocenters. The predicted molar refractivity (Wildman–Crippen MR) is 75.3 cm³/mol. The molecule has 0 aliphatic carbocycles. The van der Waals surface area contributed by atoms with Crippen molar-refractivity contribution in [2.75, 3.05) is 11.1 Å². The number of carbonyl (C=O) groups is 1. The van der Waals surface area contributed by atoms with E-state index in [2.05, 4.69) is 42.0 Å². The molecule has 2 nitrogen and oxygen atoms in total. The lowest BCUT2D eigenvalue weighted by atomic mass is 9.93. The lowest BCUT2D eigenvalue weighted by molar-refractivity contribution is -0.124. The molecule has 1 aliphatic rings. The standard InChI is InChI=1S/C12H22BrNOS/c1-4-12(5-2,9-13)14-10(15)11(3)7-6-8-16-11/h4-9H2,1-3H3,(H,14,15). The molecule has 1 amide bonds. The molecule has 0 spiro atoms. The maximum absolute atomic E-state index is 12.3. The molecule has 1 N–H and O–H groups in total. The van der Waals surface area contributed by atoms with E-state index in [-0.39, 0.29) is 16.2 Å². The zero-order chi connectivity index (χ0) is 12.2. The first kappa shape index (κ1) is 14.4. The Bertz CT molecular complexity index is 239. The molecule has 1 rings (SSSR count). The van der Waals surface area contributed by atoms with Crippen LogP contribution in [0.3, 0.4) is 0 Å². The third-order valence-electron chi connectivity index (χ3n) is 3.69. The molecule has 1 atom stereocenters. The van der Waals surface area contributed by atoms with Gasteiger partial charge in [0.2, 0.25) is 5.91 Å². The van der Waals surface area contributed by atoms with Gasteiger partial charge in [0, 0.05) is 10.9 Å². The summed E-state index contributed by atoms with van der Waals surface area (Å²) in [7, 11) is 0. The Hall–Kier alpha value is 0.300. The highest BCUT2D eigenvalue weighted by molar-refractivity contribution is 9.09. The first-order valence-corrected chi connectivity index (χ1v) is 8.15. The van der Waals surface area contributed by atoms with Crippen molar-refractivity contribution < 1.29 is 4.79 Å². The molecular weight excluding hydrogens is 286 g/mol. The fraction of sp³-hybridized carbons (Fsp3) is 0.917. The molecule has 1 aliphatic heterocycles. The van der Waals surface area contributed by atoms with Gasteiger partial charge in [0.05, 0.1) is 4.75 Å². The predicted octanol–water partition coefficient (Wildman–Crippen LogP) is 3.34. The van der Waals surface area contributed by atoms with Crippen LogP contribution in [0.5, 0.6) is 0 Å². The lowest BCUT2D eigenvalue weighted by Gasteiger charge is -2.34.